The molecule has 4 heteroatoms. The maximum atomic E-state index is 13.7. The van der Waals surface area contributed by atoms with Crippen LogP contribution in [-0.2, 0) is 6.54 Å². The van der Waals surface area contributed by atoms with Crippen LogP contribution in [0.2, 0.25) is 0 Å². The standard InChI is InChI=1S/C17H21FN2O/c1-12(2)10-19-11-14-9-15(6-7-20-14)21-17-8-13(3)4-5-16(17)18/h4-9,12,19H,10-11H2,1-3H3. The van der Waals surface area contributed by atoms with E-state index in [0.717, 1.165) is 17.8 Å². The number of nitrogens with zero attached hydrogens (tertiary/aromatic N) is 1. The number of rotatable bonds is 6. The summed E-state index contributed by atoms with van der Waals surface area (Å²) in [6, 6.07) is 8.38. The Bertz CT molecular complexity index is 599. The zero-order valence-corrected chi connectivity index (χ0v) is 12.7. The molecule has 21 heavy (non-hydrogen) atoms. The van der Waals surface area contributed by atoms with Crippen LogP contribution in [0.5, 0.6) is 11.5 Å². The number of pyridine rings is 1. The molecule has 0 saturated heterocycles. The SMILES string of the molecule is Cc1ccc(F)c(Oc2ccnc(CNCC(C)C)c2)c1. The summed E-state index contributed by atoms with van der Waals surface area (Å²) in [6.45, 7) is 7.81. The van der Waals surface area contributed by atoms with Gasteiger partial charge in [-0.05, 0) is 43.1 Å². The van der Waals surface area contributed by atoms with Crippen molar-refractivity contribution >= 4 is 0 Å². The largest absolute Gasteiger partial charge is 0.454 e. The summed E-state index contributed by atoms with van der Waals surface area (Å²) in [4.78, 5) is 4.28. The van der Waals surface area contributed by atoms with Crippen LogP contribution < -0.4 is 10.1 Å². The molecule has 112 valence electrons. The van der Waals surface area contributed by atoms with Gasteiger partial charge in [0.15, 0.2) is 11.6 Å². The predicted octanol–water partition coefficient (Wildman–Crippen LogP) is 4.07. The lowest BCUT2D eigenvalue weighted by atomic mass is 10.2. The minimum Gasteiger partial charge on any atom is -0.454 e. The maximum Gasteiger partial charge on any atom is 0.165 e. The van der Waals surface area contributed by atoms with E-state index in [9.17, 15) is 4.39 Å². The van der Waals surface area contributed by atoms with E-state index in [1.54, 1.807) is 24.4 Å². The van der Waals surface area contributed by atoms with Gasteiger partial charge < -0.3 is 10.1 Å². The molecule has 0 aliphatic carbocycles. The Kier molecular flexibility index (Phi) is 5.28. The lowest BCUT2D eigenvalue weighted by molar-refractivity contribution is 0.440. The van der Waals surface area contributed by atoms with E-state index in [4.69, 9.17) is 4.74 Å². The molecule has 0 bridgehead atoms. The van der Waals surface area contributed by atoms with E-state index >= 15 is 0 Å². The van der Waals surface area contributed by atoms with E-state index in [0.29, 0.717) is 18.2 Å². The zero-order valence-electron chi connectivity index (χ0n) is 12.7. The molecule has 1 N–H and O–H groups in total. The van der Waals surface area contributed by atoms with Gasteiger partial charge in [0, 0.05) is 18.8 Å². The lowest BCUT2D eigenvalue weighted by Gasteiger charge is -2.10. The van der Waals surface area contributed by atoms with Crippen molar-refractivity contribution in [2.45, 2.75) is 27.3 Å². The van der Waals surface area contributed by atoms with Crippen LogP contribution in [0, 0.1) is 18.7 Å². The maximum absolute atomic E-state index is 13.7. The van der Waals surface area contributed by atoms with Gasteiger partial charge in [0.05, 0.1) is 5.69 Å². The number of aromatic nitrogens is 1. The molecule has 1 heterocycles. The van der Waals surface area contributed by atoms with Crippen molar-refractivity contribution in [1.82, 2.24) is 10.3 Å². The first-order valence-corrected chi connectivity index (χ1v) is 7.14. The summed E-state index contributed by atoms with van der Waals surface area (Å²) in [6.07, 6.45) is 1.68. The van der Waals surface area contributed by atoms with Crippen LogP contribution in [0.4, 0.5) is 4.39 Å². The van der Waals surface area contributed by atoms with Crippen LogP contribution in [0.1, 0.15) is 25.1 Å². The van der Waals surface area contributed by atoms with Crippen LogP contribution in [0.25, 0.3) is 0 Å². The first kappa shape index (κ1) is 15.4. The fourth-order valence-corrected chi connectivity index (χ4v) is 1.92. The van der Waals surface area contributed by atoms with Gasteiger partial charge >= 0.3 is 0 Å². The molecular weight excluding hydrogens is 267 g/mol. The number of halogens is 1. The average molecular weight is 288 g/mol. The Morgan fingerprint density at radius 3 is 2.81 bits per heavy atom. The lowest BCUT2D eigenvalue weighted by Crippen LogP contribution is -2.19. The number of nitrogens with one attached hydrogen (secondary N) is 1. The second-order valence-electron chi connectivity index (χ2n) is 5.54. The highest BCUT2D eigenvalue weighted by Gasteiger charge is 2.06. The van der Waals surface area contributed by atoms with Gasteiger partial charge in [-0.3, -0.25) is 4.98 Å². The molecule has 3 nitrogen and oxygen atoms in total. The fraction of sp³-hybridized carbons (Fsp3) is 0.353. The number of hydrogen-bond acceptors (Lipinski definition) is 3. The van der Waals surface area contributed by atoms with Crippen molar-refractivity contribution < 1.29 is 9.13 Å². The van der Waals surface area contributed by atoms with Crippen LogP contribution in [-0.4, -0.2) is 11.5 Å². The molecule has 0 radical (unpaired) electrons. The first-order valence-electron chi connectivity index (χ1n) is 7.14. The molecule has 2 rings (SSSR count). The monoisotopic (exact) mass is 288 g/mol. The highest BCUT2D eigenvalue weighted by Crippen LogP contribution is 2.25. The van der Waals surface area contributed by atoms with Crippen molar-refractivity contribution in [2.75, 3.05) is 6.54 Å². The smallest absolute Gasteiger partial charge is 0.165 e. The van der Waals surface area contributed by atoms with Crippen molar-refractivity contribution in [3.8, 4) is 11.5 Å². The summed E-state index contributed by atoms with van der Waals surface area (Å²) < 4.78 is 19.3. The number of ether oxygens (including phenoxy) is 1. The minimum atomic E-state index is -0.364. The molecule has 0 fully saturated rings. The Labute approximate surface area is 125 Å². The molecule has 0 unspecified atom stereocenters. The molecule has 0 spiro atoms. The van der Waals surface area contributed by atoms with Crippen molar-refractivity contribution in [2.24, 2.45) is 5.92 Å². The highest BCUT2D eigenvalue weighted by atomic mass is 19.1. The second kappa shape index (κ2) is 7.18. The first-order chi connectivity index (χ1) is 10.0. The Morgan fingerprint density at radius 1 is 1.24 bits per heavy atom. The van der Waals surface area contributed by atoms with E-state index in [1.807, 2.05) is 13.0 Å². The third kappa shape index (κ3) is 4.83. The topological polar surface area (TPSA) is 34.1 Å². The third-order valence-corrected chi connectivity index (χ3v) is 2.96. The predicted molar refractivity (Wildman–Crippen MR) is 82.0 cm³/mol. The van der Waals surface area contributed by atoms with E-state index in [-0.39, 0.29) is 11.6 Å². The third-order valence-electron chi connectivity index (χ3n) is 2.96. The molecule has 0 saturated carbocycles. The average Bonchev–Trinajstić information content (AvgIpc) is 2.43. The van der Waals surface area contributed by atoms with E-state index < -0.39 is 0 Å². The van der Waals surface area contributed by atoms with Gasteiger partial charge in [0.25, 0.3) is 0 Å². The Hall–Kier alpha value is -1.94. The van der Waals surface area contributed by atoms with Gasteiger partial charge in [-0.2, -0.15) is 0 Å². The van der Waals surface area contributed by atoms with Gasteiger partial charge in [-0.15, -0.1) is 0 Å². The number of benzene rings is 1. The van der Waals surface area contributed by atoms with E-state index in [2.05, 4.69) is 24.1 Å². The van der Waals surface area contributed by atoms with Crippen LogP contribution in [0.3, 0.4) is 0 Å². The molecule has 1 aromatic heterocycles. The molecule has 0 aliphatic rings. The summed E-state index contributed by atoms with van der Waals surface area (Å²) >= 11 is 0. The summed E-state index contributed by atoms with van der Waals surface area (Å²) in [5, 5.41) is 3.32. The summed E-state index contributed by atoms with van der Waals surface area (Å²) in [5.41, 5.74) is 1.83. The molecule has 0 amide bonds. The Balaban J connectivity index is 2.05. The Morgan fingerprint density at radius 2 is 2.05 bits per heavy atom. The van der Waals surface area contributed by atoms with Gasteiger partial charge in [-0.25, -0.2) is 4.39 Å². The van der Waals surface area contributed by atoms with Gasteiger partial charge in [-0.1, -0.05) is 19.9 Å². The van der Waals surface area contributed by atoms with Crippen LogP contribution >= 0.6 is 0 Å². The van der Waals surface area contributed by atoms with E-state index in [1.165, 1.54) is 6.07 Å². The molecular formula is C17H21FN2O. The fourth-order valence-electron chi connectivity index (χ4n) is 1.92. The minimum absolute atomic E-state index is 0.238. The normalized spacial score (nSPS) is 10.9. The molecule has 0 atom stereocenters. The zero-order chi connectivity index (χ0) is 15.2. The second-order valence-corrected chi connectivity index (χ2v) is 5.54. The summed E-state index contributed by atoms with van der Waals surface area (Å²) in [7, 11) is 0. The number of hydrogen-bond donors (Lipinski definition) is 1. The van der Waals surface area contributed by atoms with Crippen LogP contribution in [0.15, 0.2) is 36.5 Å². The van der Waals surface area contributed by atoms with Gasteiger partial charge in [0.2, 0.25) is 0 Å². The molecule has 0 aliphatic heterocycles. The molecule has 1 aromatic carbocycles. The number of aryl methyl sites for hydroxylation is 1. The summed E-state index contributed by atoms with van der Waals surface area (Å²) in [5.74, 6) is 1.06. The van der Waals surface area contributed by atoms with Crippen molar-refractivity contribution in [3.63, 3.8) is 0 Å². The van der Waals surface area contributed by atoms with Crippen molar-refractivity contribution in [3.05, 3.63) is 53.6 Å². The van der Waals surface area contributed by atoms with Gasteiger partial charge in [0.1, 0.15) is 5.75 Å². The van der Waals surface area contributed by atoms with Crippen molar-refractivity contribution in [1.29, 1.82) is 0 Å². The molecule has 2 aromatic rings. The highest BCUT2D eigenvalue weighted by molar-refractivity contribution is 5.34. The quantitative estimate of drug-likeness (QED) is 0.870.